The number of nitrogens with zero attached hydrogens (tertiary/aromatic N) is 1. The van der Waals surface area contributed by atoms with Crippen LogP contribution < -0.4 is 5.32 Å². The highest BCUT2D eigenvalue weighted by atomic mass is 32.2. The van der Waals surface area contributed by atoms with E-state index in [1.165, 1.54) is 35.0 Å². The Bertz CT molecular complexity index is 863. The van der Waals surface area contributed by atoms with Crippen molar-refractivity contribution in [2.24, 2.45) is 17.8 Å². The van der Waals surface area contributed by atoms with E-state index >= 15 is 0 Å². The van der Waals surface area contributed by atoms with E-state index in [1.54, 1.807) is 0 Å². The predicted molar refractivity (Wildman–Crippen MR) is 105 cm³/mol. The molecule has 4 rings (SSSR count). The third-order valence-corrected chi connectivity index (χ3v) is 8.05. The van der Waals surface area contributed by atoms with Crippen molar-refractivity contribution >= 4 is 27.6 Å². The summed E-state index contributed by atoms with van der Waals surface area (Å²) in [6.07, 6.45) is 4.26. The fourth-order valence-electron chi connectivity index (χ4n) is 4.62. The number of fused-ring (bicyclic) bond motifs is 2. The topological polar surface area (TPSA) is 102 Å². The zero-order chi connectivity index (χ0) is 20.4. The number of amides is 1. The van der Waals surface area contributed by atoms with Crippen LogP contribution in [0.15, 0.2) is 29.2 Å². The van der Waals surface area contributed by atoms with Crippen LogP contribution in [0, 0.1) is 17.8 Å². The molecule has 0 aromatic heterocycles. The number of benzene rings is 1. The molecule has 3 aliphatic rings. The highest BCUT2D eigenvalue weighted by molar-refractivity contribution is 7.89. The third-order valence-electron chi connectivity index (χ3n) is 6.13. The molecule has 2 saturated carbocycles. The van der Waals surface area contributed by atoms with Gasteiger partial charge in [0.15, 0.2) is 6.61 Å². The first-order valence-electron chi connectivity index (χ1n) is 10.1. The Kier molecular flexibility index (Phi) is 5.89. The zero-order valence-corrected chi connectivity index (χ0v) is 17.0. The van der Waals surface area contributed by atoms with Gasteiger partial charge in [-0.25, -0.2) is 8.42 Å². The number of rotatable bonds is 6. The van der Waals surface area contributed by atoms with Gasteiger partial charge in [0.1, 0.15) is 0 Å². The summed E-state index contributed by atoms with van der Waals surface area (Å²) >= 11 is 0. The molecule has 1 N–H and O–H groups in total. The second-order valence-electron chi connectivity index (χ2n) is 7.98. The van der Waals surface area contributed by atoms with Crippen molar-refractivity contribution in [3.63, 3.8) is 0 Å². The number of morpholine rings is 1. The highest BCUT2D eigenvalue weighted by Gasteiger charge is 2.44. The van der Waals surface area contributed by atoms with Crippen LogP contribution in [-0.2, 0) is 29.1 Å². The highest BCUT2D eigenvalue weighted by Crippen LogP contribution is 2.48. The zero-order valence-electron chi connectivity index (χ0n) is 16.2. The van der Waals surface area contributed by atoms with Crippen molar-refractivity contribution in [2.45, 2.75) is 30.6 Å². The summed E-state index contributed by atoms with van der Waals surface area (Å²) in [7, 11) is -3.57. The van der Waals surface area contributed by atoms with Gasteiger partial charge < -0.3 is 14.8 Å². The first-order valence-corrected chi connectivity index (χ1v) is 11.5. The monoisotopic (exact) mass is 422 g/mol. The standard InChI is InChI=1S/C20H26N2O6S/c23-19(13-28-20(24)18-12-14-1-2-15(18)11-14)21-16-3-5-17(6-4-16)29(25,26)22-7-9-27-10-8-22/h3-6,14-15,18H,1-2,7-13H2,(H,21,23). The molecule has 1 saturated heterocycles. The Morgan fingerprint density at radius 3 is 2.45 bits per heavy atom. The third kappa shape index (κ3) is 4.46. The van der Waals surface area contributed by atoms with E-state index in [0.29, 0.717) is 43.8 Å². The summed E-state index contributed by atoms with van der Waals surface area (Å²) in [6.45, 7) is 1.09. The fraction of sp³-hybridized carbons (Fsp3) is 0.600. The van der Waals surface area contributed by atoms with E-state index in [-0.39, 0.29) is 23.4 Å². The summed E-state index contributed by atoms with van der Waals surface area (Å²) in [5.74, 6) is 0.269. The number of hydrogen-bond donors (Lipinski definition) is 1. The maximum Gasteiger partial charge on any atom is 0.309 e. The number of ether oxygens (including phenoxy) is 2. The Labute approximate surface area is 170 Å². The summed E-state index contributed by atoms with van der Waals surface area (Å²) < 4.78 is 37.0. The number of carbonyl (C=O) groups excluding carboxylic acids is 2. The van der Waals surface area contributed by atoms with Crippen molar-refractivity contribution in [3.8, 4) is 0 Å². The lowest BCUT2D eigenvalue weighted by Gasteiger charge is -2.26. The summed E-state index contributed by atoms with van der Waals surface area (Å²) in [4.78, 5) is 24.5. The van der Waals surface area contributed by atoms with E-state index < -0.39 is 15.9 Å². The van der Waals surface area contributed by atoms with Gasteiger partial charge >= 0.3 is 5.97 Å². The summed E-state index contributed by atoms with van der Waals surface area (Å²) in [6, 6.07) is 5.98. The van der Waals surface area contributed by atoms with Crippen molar-refractivity contribution in [3.05, 3.63) is 24.3 Å². The van der Waals surface area contributed by atoms with Crippen molar-refractivity contribution in [2.75, 3.05) is 38.2 Å². The molecule has 1 aromatic carbocycles. The van der Waals surface area contributed by atoms with Crippen molar-refractivity contribution in [1.82, 2.24) is 4.31 Å². The molecular formula is C20H26N2O6S. The largest absolute Gasteiger partial charge is 0.455 e. The van der Waals surface area contributed by atoms with E-state index in [1.807, 2.05) is 0 Å². The van der Waals surface area contributed by atoms with E-state index in [2.05, 4.69) is 5.32 Å². The average Bonchev–Trinajstić information content (AvgIpc) is 3.37. The maximum absolute atomic E-state index is 12.6. The van der Waals surface area contributed by atoms with Gasteiger partial charge in [-0.05, 0) is 55.4 Å². The molecule has 3 unspecified atom stereocenters. The van der Waals surface area contributed by atoms with E-state index in [9.17, 15) is 18.0 Å². The SMILES string of the molecule is O=C(COC(=O)C1CC2CCC1C2)Nc1ccc(S(=O)(=O)N2CCOCC2)cc1. The van der Waals surface area contributed by atoms with Gasteiger partial charge in [-0.2, -0.15) is 4.31 Å². The van der Waals surface area contributed by atoms with Gasteiger partial charge in [0.25, 0.3) is 5.91 Å². The molecule has 29 heavy (non-hydrogen) atoms. The molecule has 158 valence electrons. The molecule has 8 nitrogen and oxygen atoms in total. The lowest BCUT2D eigenvalue weighted by atomic mass is 9.89. The van der Waals surface area contributed by atoms with Crippen LogP contribution in [0.2, 0.25) is 0 Å². The maximum atomic E-state index is 12.6. The number of anilines is 1. The van der Waals surface area contributed by atoms with Gasteiger partial charge in [-0.3, -0.25) is 9.59 Å². The molecule has 3 atom stereocenters. The van der Waals surface area contributed by atoms with Gasteiger partial charge in [0.05, 0.1) is 24.0 Å². The molecule has 9 heteroatoms. The van der Waals surface area contributed by atoms with E-state index in [0.717, 1.165) is 19.3 Å². The van der Waals surface area contributed by atoms with Gasteiger partial charge in [0.2, 0.25) is 10.0 Å². The molecular weight excluding hydrogens is 396 g/mol. The van der Waals surface area contributed by atoms with E-state index in [4.69, 9.17) is 9.47 Å². The first kappa shape index (κ1) is 20.3. The number of hydrogen-bond acceptors (Lipinski definition) is 6. The minimum Gasteiger partial charge on any atom is -0.455 e. The number of sulfonamides is 1. The van der Waals surface area contributed by atoms with Crippen LogP contribution >= 0.6 is 0 Å². The van der Waals surface area contributed by atoms with Crippen LogP contribution in [-0.4, -0.2) is 57.5 Å². The average molecular weight is 423 g/mol. The van der Waals surface area contributed by atoms with Gasteiger partial charge in [-0.15, -0.1) is 0 Å². The van der Waals surface area contributed by atoms with Crippen LogP contribution in [0.3, 0.4) is 0 Å². The van der Waals surface area contributed by atoms with Crippen molar-refractivity contribution in [1.29, 1.82) is 0 Å². The Hall–Kier alpha value is -1.97. The molecule has 1 aliphatic heterocycles. The molecule has 1 amide bonds. The summed E-state index contributed by atoms with van der Waals surface area (Å²) in [5, 5.41) is 2.64. The van der Waals surface area contributed by atoms with Crippen LogP contribution in [0.25, 0.3) is 0 Å². The van der Waals surface area contributed by atoms with Gasteiger partial charge in [0, 0.05) is 18.8 Å². The molecule has 1 aromatic rings. The quantitative estimate of drug-likeness (QED) is 0.699. The number of carbonyl (C=O) groups is 2. The summed E-state index contributed by atoms with van der Waals surface area (Å²) in [5.41, 5.74) is 0.451. The minimum absolute atomic E-state index is 0.0637. The van der Waals surface area contributed by atoms with Crippen molar-refractivity contribution < 1.29 is 27.5 Å². The second-order valence-corrected chi connectivity index (χ2v) is 9.92. The van der Waals surface area contributed by atoms with Crippen LogP contribution in [0.1, 0.15) is 25.7 Å². The smallest absolute Gasteiger partial charge is 0.309 e. The first-order chi connectivity index (χ1) is 13.9. The normalized spacial score (nSPS) is 27.0. The fourth-order valence-corrected chi connectivity index (χ4v) is 6.03. The lowest BCUT2D eigenvalue weighted by Crippen LogP contribution is -2.40. The number of nitrogens with one attached hydrogen (secondary N) is 1. The number of esters is 1. The molecule has 3 fully saturated rings. The lowest BCUT2D eigenvalue weighted by molar-refractivity contribution is -0.153. The molecule has 2 bridgehead atoms. The molecule has 1 heterocycles. The van der Waals surface area contributed by atoms with Gasteiger partial charge in [-0.1, -0.05) is 6.42 Å². The van der Waals surface area contributed by atoms with Crippen LogP contribution in [0.5, 0.6) is 0 Å². The second kappa shape index (κ2) is 8.41. The predicted octanol–water partition coefficient (Wildman–Crippen LogP) is 1.63. The molecule has 2 aliphatic carbocycles. The molecule has 0 spiro atoms. The Morgan fingerprint density at radius 2 is 1.83 bits per heavy atom. The Morgan fingerprint density at radius 1 is 1.10 bits per heavy atom. The van der Waals surface area contributed by atoms with Crippen LogP contribution in [0.4, 0.5) is 5.69 Å². The molecule has 0 radical (unpaired) electrons. The Balaban J connectivity index is 1.28. The minimum atomic E-state index is -3.57.